The highest BCUT2D eigenvalue weighted by molar-refractivity contribution is 7.89. The molecule has 0 radical (unpaired) electrons. The fraction of sp³-hybridized carbons (Fsp3) is 0.167. The normalized spacial score (nSPS) is 14.2. The molecule has 2 aromatic rings. The molecule has 7 nitrogen and oxygen atoms in total. The molecule has 1 unspecified atom stereocenters. The Labute approximate surface area is 165 Å². The van der Waals surface area contributed by atoms with E-state index in [4.69, 9.17) is 10.9 Å². The minimum Gasteiger partial charge on any atom is -0.366 e. The van der Waals surface area contributed by atoms with E-state index in [0.29, 0.717) is 11.8 Å². The standard InChI is InChI=1S/C18H17F3N4O3S/c1-11(12-4-8-15(9-5-12)29(23,27)28)25-16(18(19,20)21)10-24-14-6-2-13(3-7-14)17(22)26/h2-11H,1H3,(H2,22,26)(H2,23,27,28). The van der Waals surface area contributed by atoms with Crippen LogP contribution in [0.4, 0.5) is 18.9 Å². The van der Waals surface area contributed by atoms with E-state index in [2.05, 4.69) is 9.98 Å². The zero-order valence-corrected chi connectivity index (χ0v) is 15.9. The molecule has 0 aliphatic carbocycles. The maximum Gasteiger partial charge on any atom is 0.434 e. The van der Waals surface area contributed by atoms with Gasteiger partial charge in [0.15, 0.2) is 5.71 Å². The lowest BCUT2D eigenvalue weighted by Gasteiger charge is -2.12. The summed E-state index contributed by atoms with van der Waals surface area (Å²) in [5.41, 5.74) is 4.61. The molecule has 0 spiro atoms. The Hall–Kier alpha value is -3.05. The first-order valence-corrected chi connectivity index (χ1v) is 9.64. The van der Waals surface area contributed by atoms with Crippen LogP contribution in [0, 0.1) is 0 Å². The summed E-state index contributed by atoms with van der Waals surface area (Å²) < 4.78 is 62.5. The van der Waals surface area contributed by atoms with Crippen LogP contribution in [0.1, 0.15) is 28.9 Å². The van der Waals surface area contributed by atoms with E-state index < -0.39 is 33.9 Å². The average Bonchev–Trinajstić information content (AvgIpc) is 2.63. The van der Waals surface area contributed by atoms with Gasteiger partial charge >= 0.3 is 6.18 Å². The van der Waals surface area contributed by atoms with Crippen LogP contribution in [0.3, 0.4) is 0 Å². The van der Waals surface area contributed by atoms with Gasteiger partial charge in [0.05, 0.1) is 22.8 Å². The van der Waals surface area contributed by atoms with E-state index >= 15 is 0 Å². The molecule has 0 bridgehead atoms. The lowest BCUT2D eigenvalue weighted by molar-refractivity contribution is -0.0567. The van der Waals surface area contributed by atoms with Crippen LogP contribution in [0.25, 0.3) is 0 Å². The number of aliphatic imine (C=N–C) groups is 2. The average molecular weight is 426 g/mol. The van der Waals surface area contributed by atoms with Gasteiger partial charge in [0.1, 0.15) is 0 Å². The Morgan fingerprint density at radius 1 is 1.07 bits per heavy atom. The number of hydrogen-bond acceptors (Lipinski definition) is 5. The van der Waals surface area contributed by atoms with Gasteiger partial charge in [-0.3, -0.25) is 14.8 Å². The van der Waals surface area contributed by atoms with Gasteiger partial charge in [-0.1, -0.05) is 12.1 Å². The minimum atomic E-state index is -4.76. The summed E-state index contributed by atoms with van der Waals surface area (Å²) in [5.74, 6) is -0.666. The van der Waals surface area contributed by atoms with Crippen molar-refractivity contribution in [3.05, 3.63) is 59.7 Å². The van der Waals surface area contributed by atoms with E-state index in [-0.39, 0.29) is 16.1 Å². The van der Waals surface area contributed by atoms with E-state index in [1.54, 1.807) is 0 Å². The van der Waals surface area contributed by atoms with Gasteiger partial charge in [-0.25, -0.2) is 13.6 Å². The van der Waals surface area contributed by atoms with Gasteiger partial charge in [0, 0.05) is 5.56 Å². The number of primary amides is 1. The number of sulfonamides is 1. The number of primary sulfonamides is 1. The third kappa shape index (κ3) is 6.22. The van der Waals surface area contributed by atoms with Crippen molar-refractivity contribution in [2.45, 2.75) is 24.0 Å². The molecule has 154 valence electrons. The second-order valence-corrected chi connectivity index (χ2v) is 7.53. The third-order valence-corrected chi connectivity index (χ3v) is 4.73. The smallest absolute Gasteiger partial charge is 0.366 e. The zero-order chi connectivity index (χ0) is 21.8. The SMILES string of the molecule is CC(N=C(C=Nc1ccc(C(N)=O)cc1)C(F)(F)F)c1ccc(S(N)(=O)=O)cc1. The van der Waals surface area contributed by atoms with Gasteiger partial charge in [0.25, 0.3) is 0 Å². The first-order chi connectivity index (χ1) is 13.4. The van der Waals surface area contributed by atoms with Crippen molar-refractivity contribution in [2.24, 2.45) is 20.9 Å². The number of amides is 1. The van der Waals surface area contributed by atoms with Crippen molar-refractivity contribution in [1.82, 2.24) is 0 Å². The number of alkyl halides is 3. The molecule has 0 fully saturated rings. The minimum absolute atomic E-state index is 0.158. The second-order valence-electron chi connectivity index (χ2n) is 5.97. The van der Waals surface area contributed by atoms with E-state index in [1.807, 2.05) is 0 Å². The maximum atomic E-state index is 13.3. The fourth-order valence-corrected chi connectivity index (χ4v) is 2.76. The molecule has 0 saturated carbocycles. The molecule has 0 aliphatic heterocycles. The highest BCUT2D eigenvalue weighted by atomic mass is 32.2. The highest BCUT2D eigenvalue weighted by Gasteiger charge is 2.35. The molecule has 4 N–H and O–H groups in total. The summed E-state index contributed by atoms with van der Waals surface area (Å²) in [5, 5.41) is 4.99. The van der Waals surface area contributed by atoms with Crippen molar-refractivity contribution < 1.29 is 26.4 Å². The number of halogens is 3. The first kappa shape index (κ1) is 22.2. The van der Waals surface area contributed by atoms with Crippen LogP contribution in [0.5, 0.6) is 0 Å². The molecule has 0 heterocycles. The predicted molar refractivity (Wildman–Crippen MR) is 103 cm³/mol. The topological polar surface area (TPSA) is 128 Å². The molecule has 11 heteroatoms. The molecular weight excluding hydrogens is 409 g/mol. The summed E-state index contributed by atoms with van der Waals surface area (Å²) in [6, 6.07) is 9.51. The summed E-state index contributed by atoms with van der Waals surface area (Å²) in [6.07, 6.45) is -4.18. The molecule has 0 saturated heterocycles. The van der Waals surface area contributed by atoms with Crippen molar-refractivity contribution in [3.63, 3.8) is 0 Å². The highest BCUT2D eigenvalue weighted by Crippen LogP contribution is 2.24. The largest absolute Gasteiger partial charge is 0.434 e. The number of hydrogen-bond donors (Lipinski definition) is 2. The quantitative estimate of drug-likeness (QED) is 0.689. The van der Waals surface area contributed by atoms with Crippen LogP contribution in [-0.2, 0) is 10.0 Å². The molecule has 1 atom stereocenters. The zero-order valence-electron chi connectivity index (χ0n) is 15.1. The molecule has 2 rings (SSSR count). The number of nitrogens with two attached hydrogens (primary N) is 2. The Morgan fingerprint density at radius 2 is 1.62 bits per heavy atom. The summed E-state index contributed by atoms with van der Waals surface area (Å²) >= 11 is 0. The van der Waals surface area contributed by atoms with Gasteiger partial charge < -0.3 is 5.73 Å². The maximum absolute atomic E-state index is 13.3. The number of rotatable bonds is 6. The number of benzene rings is 2. The predicted octanol–water partition coefficient (Wildman–Crippen LogP) is 2.90. The van der Waals surface area contributed by atoms with Crippen LogP contribution < -0.4 is 10.9 Å². The van der Waals surface area contributed by atoms with Crippen LogP contribution in [-0.4, -0.2) is 32.4 Å². The number of carbonyl (C=O) groups is 1. The molecule has 2 aromatic carbocycles. The first-order valence-electron chi connectivity index (χ1n) is 8.09. The lowest BCUT2D eigenvalue weighted by Crippen LogP contribution is -2.25. The Morgan fingerprint density at radius 3 is 2.07 bits per heavy atom. The third-order valence-electron chi connectivity index (χ3n) is 3.80. The van der Waals surface area contributed by atoms with Crippen molar-refractivity contribution in [3.8, 4) is 0 Å². The van der Waals surface area contributed by atoms with Crippen molar-refractivity contribution >= 4 is 33.5 Å². The van der Waals surface area contributed by atoms with Gasteiger partial charge in [-0.15, -0.1) is 0 Å². The molecule has 1 amide bonds. The lowest BCUT2D eigenvalue weighted by atomic mass is 10.1. The molecule has 0 aromatic heterocycles. The van der Waals surface area contributed by atoms with Crippen molar-refractivity contribution in [1.29, 1.82) is 0 Å². The van der Waals surface area contributed by atoms with E-state index in [1.165, 1.54) is 55.5 Å². The Balaban J connectivity index is 2.29. The molecule has 29 heavy (non-hydrogen) atoms. The van der Waals surface area contributed by atoms with Crippen LogP contribution >= 0.6 is 0 Å². The van der Waals surface area contributed by atoms with Gasteiger partial charge in [-0.05, 0) is 48.9 Å². The number of nitrogens with zero attached hydrogens (tertiary/aromatic N) is 2. The molecule has 0 aliphatic rings. The summed E-state index contributed by atoms with van der Waals surface area (Å²) in [4.78, 5) is 18.3. The Bertz CT molecular complexity index is 1050. The van der Waals surface area contributed by atoms with E-state index in [0.717, 1.165) is 0 Å². The van der Waals surface area contributed by atoms with E-state index in [9.17, 15) is 26.4 Å². The van der Waals surface area contributed by atoms with Gasteiger partial charge in [0.2, 0.25) is 15.9 Å². The van der Waals surface area contributed by atoms with Crippen LogP contribution in [0.15, 0.2) is 63.4 Å². The summed E-state index contributed by atoms with van der Waals surface area (Å²) in [6.45, 7) is 1.42. The number of carbonyl (C=O) groups excluding carboxylic acids is 1. The van der Waals surface area contributed by atoms with Gasteiger partial charge in [-0.2, -0.15) is 13.2 Å². The van der Waals surface area contributed by atoms with Crippen LogP contribution in [0.2, 0.25) is 0 Å². The fourth-order valence-electron chi connectivity index (χ4n) is 2.25. The molecular formula is C18H17F3N4O3S. The van der Waals surface area contributed by atoms with Crippen molar-refractivity contribution in [2.75, 3.05) is 0 Å². The Kier molecular flexibility index (Phi) is 6.55. The monoisotopic (exact) mass is 426 g/mol. The second kappa shape index (κ2) is 8.53. The summed E-state index contributed by atoms with van der Waals surface area (Å²) in [7, 11) is -3.91.